The zero-order valence-electron chi connectivity index (χ0n) is 14.1. The molecule has 0 unspecified atom stereocenters. The molecule has 0 radical (unpaired) electrons. The maximum Gasteiger partial charge on any atom is 0.232 e. The van der Waals surface area contributed by atoms with Crippen LogP contribution < -0.4 is 10.2 Å². The lowest BCUT2D eigenvalue weighted by Crippen LogP contribution is -2.49. The second kappa shape index (κ2) is 8.28. The van der Waals surface area contributed by atoms with Gasteiger partial charge in [-0.15, -0.1) is 0 Å². The lowest BCUT2D eigenvalue weighted by molar-refractivity contribution is -0.136. The van der Waals surface area contributed by atoms with Gasteiger partial charge in [0.05, 0.1) is 0 Å². The molecule has 0 atom stereocenters. The quantitative estimate of drug-likeness (QED) is 0.838. The van der Waals surface area contributed by atoms with Crippen LogP contribution in [-0.4, -0.2) is 47.9 Å². The van der Waals surface area contributed by atoms with E-state index in [-0.39, 0.29) is 18.2 Å². The van der Waals surface area contributed by atoms with Gasteiger partial charge >= 0.3 is 0 Å². The molecular weight excluding hydrogens is 316 g/mol. The van der Waals surface area contributed by atoms with Gasteiger partial charge in [0.2, 0.25) is 11.8 Å². The minimum atomic E-state index is -0.235. The number of hydrogen-bond acceptors (Lipinski definition) is 4. The molecule has 1 aliphatic heterocycles. The summed E-state index contributed by atoms with van der Waals surface area (Å²) in [5, 5.41) is 2.80. The average molecular weight is 338 g/mol. The fourth-order valence-electron chi connectivity index (χ4n) is 2.83. The molecule has 0 bridgehead atoms. The number of anilines is 1. The predicted octanol–water partition coefficient (Wildman–Crippen LogP) is 1.44. The third-order valence-electron chi connectivity index (χ3n) is 4.25. The third-order valence-corrected chi connectivity index (χ3v) is 4.25. The SMILES string of the molecule is O=C(CC(=O)N1CCN(c2ccccn2)CC1)NCc1ccccc1. The molecule has 1 fully saturated rings. The van der Waals surface area contributed by atoms with Gasteiger partial charge in [0.25, 0.3) is 0 Å². The number of amides is 2. The highest BCUT2D eigenvalue weighted by atomic mass is 16.2. The Labute approximate surface area is 147 Å². The molecule has 0 saturated carbocycles. The van der Waals surface area contributed by atoms with Crippen LogP contribution in [0.2, 0.25) is 0 Å². The molecule has 6 nitrogen and oxygen atoms in total. The molecule has 0 spiro atoms. The Morgan fingerprint density at radius 2 is 1.68 bits per heavy atom. The van der Waals surface area contributed by atoms with Crippen LogP contribution in [0.5, 0.6) is 0 Å². The Morgan fingerprint density at radius 1 is 0.960 bits per heavy atom. The molecule has 130 valence electrons. The number of pyridine rings is 1. The number of piperazine rings is 1. The van der Waals surface area contributed by atoms with Gasteiger partial charge in [0.1, 0.15) is 12.2 Å². The van der Waals surface area contributed by atoms with Crippen LogP contribution in [0.15, 0.2) is 54.7 Å². The van der Waals surface area contributed by atoms with E-state index in [4.69, 9.17) is 0 Å². The largest absolute Gasteiger partial charge is 0.353 e. The zero-order chi connectivity index (χ0) is 17.5. The first-order chi connectivity index (χ1) is 12.2. The van der Waals surface area contributed by atoms with Gasteiger partial charge in [0, 0.05) is 38.9 Å². The van der Waals surface area contributed by atoms with Crippen molar-refractivity contribution in [3.63, 3.8) is 0 Å². The summed E-state index contributed by atoms with van der Waals surface area (Å²) in [6.07, 6.45) is 1.67. The fraction of sp³-hybridized carbons (Fsp3) is 0.316. The van der Waals surface area contributed by atoms with Crippen LogP contribution in [0.4, 0.5) is 5.82 Å². The number of aromatic nitrogens is 1. The summed E-state index contributed by atoms with van der Waals surface area (Å²) in [6, 6.07) is 15.5. The molecule has 2 aromatic rings. The molecule has 1 saturated heterocycles. The number of carbonyl (C=O) groups is 2. The van der Waals surface area contributed by atoms with Gasteiger partial charge in [-0.3, -0.25) is 9.59 Å². The van der Waals surface area contributed by atoms with Crippen LogP contribution in [-0.2, 0) is 16.1 Å². The van der Waals surface area contributed by atoms with Crippen LogP contribution in [0.3, 0.4) is 0 Å². The molecule has 3 rings (SSSR count). The number of benzene rings is 1. The van der Waals surface area contributed by atoms with E-state index in [0.29, 0.717) is 19.6 Å². The van der Waals surface area contributed by atoms with Gasteiger partial charge in [-0.05, 0) is 17.7 Å². The van der Waals surface area contributed by atoms with Crippen molar-refractivity contribution in [2.75, 3.05) is 31.1 Å². The first kappa shape index (κ1) is 17.0. The molecule has 1 aliphatic rings. The van der Waals surface area contributed by atoms with Crippen molar-refractivity contribution in [1.82, 2.24) is 15.2 Å². The summed E-state index contributed by atoms with van der Waals surface area (Å²) in [5.74, 6) is 0.572. The van der Waals surface area contributed by atoms with Crippen molar-refractivity contribution in [2.45, 2.75) is 13.0 Å². The Balaban J connectivity index is 1.42. The summed E-state index contributed by atoms with van der Waals surface area (Å²) < 4.78 is 0. The van der Waals surface area contributed by atoms with E-state index in [1.165, 1.54) is 0 Å². The average Bonchev–Trinajstić information content (AvgIpc) is 2.68. The normalized spacial score (nSPS) is 14.2. The van der Waals surface area contributed by atoms with Gasteiger partial charge in [-0.25, -0.2) is 4.98 Å². The molecule has 25 heavy (non-hydrogen) atoms. The smallest absolute Gasteiger partial charge is 0.232 e. The Morgan fingerprint density at radius 3 is 2.36 bits per heavy atom. The van der Waals surface area contributed by atoms with E-state index in [1.54, 1.807) is 11.1 Å². The first-order valence-electron chi connectivity index (χ1n) is 8.47. The van der Waals surface area contributed by atoms with E-state index in [1.807, 2.05) is 48.5 Å². The van der Waals surface area contributed by atoms with Gasteiger partial charge in [-0.2, -0.15) is 0 Å². The van der Waals surface area contributed by atoms with Crippen molar-refractivity contribution in [2.24, 2.45) is 0 Å². The van der Waals surface area contributed by atoms with Gasteiger partial charge in [0.15, 0.2) is 0 Å². The van der Waals surface area contributed by atoms with Crippen molar-refractivity contribution >= 4 is 17.6 Å². The molecule has 2 amide bonds. The lowest BCUT2D eigenvalue weighted by atomic mass is 10.2. The summed E-state index contributed by atoms with van der Waals surface area (Å²) in [7, 11) is 0. The maximum atomic E-state index is 12.3. The second-order valence-electron chi connectivity index (χ2n) is 5.99. The summed E-state index contributed by atoms with van der Waals surface area (Å²) in [4.78, 5) is 32.5. The van der Waals surface area contributed by atoms with Crippen molar-refractivity contribution in [1.29, 1.82) is 0 Å². The molecular formula is C19H22N4O2. The lowest BCUT2D eigenvalue weighted by Gasteiger charge is -2.35. The van der Waals surface area contributed by atoms with Gasteiger partial charge in [-0.1, -0.05) is 36.4 Å². The van der Waals surface area contributed by atoms with E-state index >= 15 is 0 Å². The number of hydrogen-bond donors (Lipinski definition) is 1. The summed E-state index contributed by atoms with van der Waals surface area (Å²) in [5.41, 5.74) is 1.02. The molecule has 2 heterocycles. The Hall–Kier alpha value is -2.89. The zero-order valence-corrected chi connectivity index (χ0v) is 14.1. The number of nitrogens with zero attached hydrogens (tertiary/aromatic N) is 3. The van der Waals surface area contributed by atoms with E-state index in [9.17, 15) is 9.59 Å². The topological polar surface area (TPSA) is 65.5 Å². The van der Waals surface area contributed by atoms with Crippen molar-refractivity contribution in [3.05, 3.63) is 60.3 Å². The molecule has 0 aliphatic carbocycles. The first-order valence-corrected chi connectivity index (χ1v) is 8.47. The van der Waals surface area contributed by atoms with Crippen molar-refractivity contribution < 1.29 is 9.59 Å². The fourth-order valence-corrected chi connectivity index (χ4v) is 2.83. The van der Waals surface area contributed by atoms with Crippen molar-refractivity contribution in [3.8, 4) is 0 Å². The van der Waals surface area contributed by atoms with Crippen LogP contribution in [0.1, 0.15) is 12.0 Å². The number of carbonyl (C=O) groups excluding carboxylic acids is 2. The third kappa shape index (κ3) is 4.79. The number of rotatable bonds is 5. The summed E-state index contributed by atoms with van der Waals surface area (Å²) in [6.45, 7) is 3.13. The summed E-state index contributed by atoms with van der Waals surface area (Å²) >= 11 is 0. The molecule has 1 aromatic carbocycles. The second-order valence-corrected chi connectivity index (χ2v) is 5.99. The van der Waals surface area contributed by atoms with E-state index in [0.717, 1.165) is 24.5 Å². The maximum absolute atomic E-state index is 12.3. The molecule has 1 aromatic heterocycles. The number of nitrogens with one attached hydrogen (secondary N) is 1. The van der Waals surface area contributed by atoms with Crippen LogP contribution >= 0.6 is 0 Å². The van der Waals surface area contributed by atoms with E-state index in [2.05, 4.69) is 15.2 Å². The highest BCUT2D eigenvalue weighted by Crippen LogP contribution is 2.13. The van der Waals surface area contributed by atoms with Crippen LogP contribution in [0, 0.1) is 0 Å². The standard InChI is InChI=1S/C19H22N4O2/c24-18(21-15-16-6-2-1-3-7-16)14-19(25)23-12-10-22(11-13-23)17-8-4-5-9-20-17/h1-9H,10-15H2,(H,21,24). The van der Waals surface area contributed by atoms with Gasteiger partial charge < -0.3 is 15.1 Å². The monoisotopic (exact) mass is 338 g/mol. The predicted molar refractivity (Wildman–Crippen MR) is 95.9 cm³/mol. The Kier molecular flexibility index (Phi) is 5.61. The van der Waals surface area contributed by atoms with E-state index < -0.39 is 0 Å². The molecule has 1 N–H and O–H groups in total. The Bertz CT molecular complexity index is 698. The highest BCUT2D eigenvalue weighted by Gasteiger charge is 2.23. The molecule has 6 heteroatoms. The highest BCUT2D eigenvalue weighted by molar-refractivity contribution is 5.96. The minimum absolute atomic E-state index is 0.101. The minimum Gasteiger partial charge on any atom is -0.353 e. The van der Waals surface area contributed by atoms with Crippen LogP contribution in [0.25, 0.3) is 0 Å².